The standard InChI is InChI=1S/C55H40F2N4/c1-33-18-23-42(35(3)28-33)39-20-25-49-44(30-39)45-31-40(43-24-19-34(2)29-36(43)4)21-26-50(45)61(49)51-27-22-41(52-47(56)16-11-17-48(52)57)32-46(51)55-59-53(37-12-7-5-8-13-37)58-54(60-55)38-14-9-6-10-15-38/h5-32H,1-4H3. The van der Waals surface area contributed by atoms with Crippen molar-refractivity contribution in [2.75, 3.05) is 0 Å². The molecule has 0 atom stereocenters. The van der Waals surface area contributed by atoms with Crippen LogP contribution in [0.5, 0.6) is 0 Å². The predicted octanol–water partition coefficient (Wildman–Crippen LogP) is 14.5. The SMILES string of the molecule is Cc1ccc(-c2ccc3c(c2)c2cc(-c4ccc(C)cc4C)ccc2n3-c2ccc(-c3c(F)cccc3F)cc2-c2nc(-c3ccccc3)nc(-c3ccccc3)n2)c(C)c1. The number of aromatic nitrogens is 4. The summed E-state index contributed by atoms with van der Waals surface area (Å²) in [5.74, 6) is 0.0285. The first kappa shape index (κ1) is 37.7. The smallest absolute Gasteiger partial charge is 0.166 e. The lowest BCUT2D eigenvalue weighted by molar-refractivity contribution is 0.589. The van der Waals surface area contributed by atoms with Gasteiger partial charge >= 0.3 is 0 Å². The molecule has 2 aromatic heterocycles. The second-order valence-corrected chi connectivity index (χ2v) is 15.8. The van der Waals surface area contributed by atoms with Crippen LogP contribution in [0.1, 0.15) is 22.3 Å². The number of hydrogen-bond acceptors (Lipinski definition) is 3. The largest absolute Gasteiger partial charge is 0.308 e. The Kier molecular flexibility index (Phi) is 9.41. The summed E-state index contributed by atoms with van der Waals surface area (Å²) in [5.41, 5.74) is 14.6. The number of hydrogen-bond donors (Lipinski definition) is 0. The fraction of sp³-hybridized carbons (Fsp3) is 0.0727. The quantitative estimate of drug-likeness (QED) is 0.161. The zero-order valence-corrected chi connectivity index (χ0v) is 34.2. The minimum Gasteiger partial charge on any atom is -0.308 e. The van der Waals surface area contributed by atoms with Gasteiger partial charge in [-0.1, -0.05) is 132 Å². The van der Waals surface area contributed by atoms with E-state index in [2.05, 4.69) is 105 Å². The topological polar surface area (TPSA) is 43.6 Å². The molecule has 0 bridgehead atoms. The second kappa shape index (κ2) is 15.2. The average Bonchev–Trinajstić information content (AvgIpc) is 3.59. The third-order valence-corrected chi connectivity index (χ3v) is 11.6. The lowest BCUT2D eigenvalue weighted by Gasteiger charge is -2.17. The van der Waals surface area contributed by atoms with Gasteiger partial charge in [0, 0.05) is 27.5 Å². The molecule has 0 saturated heterocycles. The summed E-state index contributed by atoms with van der Waals surface area (Å²) in [4.78, 5) is 15.2. The van der Waals surface area contributed by atoms with Gasteiger partial charge in [-0.2, -0.15) is 0 Å². The molecular weight excluding hydrogens is 755 g/mol. The van der Waals surface area contributed by atoms with Crippen molar-refractivity contribution in [1.82, 2.24) is 19.5 Å². The molecule has 6 heteroatoms. The first-order valence-corrected chi connectivity index (χ1v) is 20.4. The normalized spacial score (nSPS) is 11.4. The first-order valence-electron chi connectivity index (χ1n) is 20.4. The first-order chi connectivity index (χ1) is 29.7. The third-order valence-electron chi connectivity index (χ3n) is 11.6. The second-order valence-electron chi connectivity index (χ2n) is 15.8. The van der Waals surface area contributed by atoms with Gasteiger partial charge in [-0.15, -0.1) is 0 Å². The van der Waals surface area contributed by atoms with Crippen LogP contribution < -0.4 is 0 Å². The van der Waals surface area contributed by atoms with Crippen LogP contribution >= 0.6 is 0 Å². The third kappa shape index (κ3) is 6.86. The van der Waals surface area contributed by atoms with Gasteiger partial charge in [0.1, 0.15) is 11.6 Å². The molecule has 0 fully saturated rings. The maximum Gasteiger partial charge on any atom is 0.166 e. The molecule has 0 radical (unpaired) electrons. The van der Waals surface area contributed by atoms with Crippen LogP contribution in [0, 0.1) is 39.3 Å². The highest BCUT2D eigenvalue weighted by Gasteiger charge is 2.23. The summed E-state index contributed by atoms with van der Waals surface area (Å²) in [6.07, 6.45) is 0. The van der Waals surface area contributed by atoms with Crippen molar-refractivity contribution >= 4 is 21.8 Å². The van der Waals surface area contributed by atoms with Gasteiger partial charge in [0.25, 0.3) is 0 Å². The number of benzene rings is 8. The Morgan fingerprint density at radius 3 is 1.34 bits per heavy atom. The molecule has 294 valence electrons. The summed E-state index contributed by atoms with van der Waals surface area (Å²) in [6, 6.07) is 55.4. The van der Waals surface area contributed by atoms with Crippen molar-refractivity contribution in [1.29, 1.82) is 0 Å². The summed E-state index contributed by atoms with van der Waals surface area (Å²) >= 11 is 0. The highest BCUT2D eigenvalue weighted by atomic mass is 19.1. The molecular formula is C55H40F2N4. The van der Waals surface area contributed by atoms with E-state index in [0.29, 0.717) is 28.6 Å². The van der Waals surface area contributed by atoms with Crippen molar-refractivity contribution in [2.45, 2.75) is 27.7 Å². The monoisotopic (exact) mass is 794 g/mol. The highest BCUT2D eigenvalue weighted by molar-refractivity contribution is 6.12. The van der Waals surface area contributed by atoms with Gasteiger partial charge in [-0.3, -0.25) is 0 Å². The molecule has 0 aliphatic rings. The van der Waals surface area contributed by atoms with Gasteiger partial charge in [0.15, 0.2) is 17.5 Å². The maximum absolute atomic E-state index is 15.6. The lowest BCUT2D eigenvalue weighted by Crippen LogP contribution is -2.04. The van der Waals surface area contributed by atoms with Gasteiger partial charge < -0.3 is 4.57 Å². The van der Waals surface area contributed by atoms with Crippen molar-refractivity contribution in [3.05, 3.63) is 204 Å². The van der Waals surface area contributed by atoms with E-state index in [1.54, 1.807) is 12.1 Å². The van der Waals surface area contributed by atoms with Crippen LogP contribution in [0.4, 0.5) is 8.78 Å². The van der Waals surface area contributed by atoms with Gasteiger partial charge in [-0.25, -0.2) is 23.7 Å². The molecule has 0 aliphatic heterocycles. The van der Waals surface area contributed by atoms with Crippen LogP contribution in [0.15, 0.2) is 170 Å². The molecule has 4 nitrogen and oxygen atoms in total. The van der Waals surface area contributed by atoms with Gasteiger partial charge in [-0.05, 0) is 115 Å². The Morgan fingerprint density at radius 2 is 0.852 bits per heavy atom. The molecule has 0 unspecified atom stereocenters. The number of nitrogens with zero attached hydrogens (tertiary/aromatic N) is 4. The van der Waals surface area contributed by atoms with Crippen molar-refractivity contribution in [3.8, 4) is 73.2 Å². The van der Waals surface area contributed by atoms with E-state index in [1.165, 1.54) is 51.6 Å². The lowest BCUT2D eigenvalue weighted by atomic mass is 9.95. The van der Waals surface area contributed by atoms with Gasteiger partial charge in [0.2, 0.25) is 0 Å². The zero-order chi connectivity index (χ0) is 41.8. The molecule has 61 heavy (non-hydrogen) atoms. The van der Waals surface area contributed by atoms with Crippen LogP contribution in [0.25, 0.3) is 95.0 Å². The molecule has 10 rings (SSSR count). The van der Waals surface area contributed by atoms with Gasteiger partial charge in [0.05, 0.1) is 22.3 Å². The van der Waals surface area contributed by atoms with Crippen molar-refractivity contribution < 1.29 is 8.78 Å². The van der Waals surface area contributed by atoms with E-state index in [0.717, 1.165) is 49.7 Å². The van der Waals surface area contributed by atoms with Crippen LogP contribution in [-0.2, 0) is 0 Å². The van der Waals surface area contributed by atoms with Crippen molar-refractivity contribution in [2.24, 2.45) is 0 Å². The molecule has 0 spiro atoms. The van der Waals surface area contributed by atoms with E-state index in [9.17, 15) is 0 Å². The van der Waals surface area contributed by atoms with E-state index in [-0.39, 0.29) is 5.56 Å². The minimum atomic E-state index is -0.654. The molecule has 10 aromatic rings. The fourth-order valence-electron chi connectivity index (χ4n) is 8.66. The van der Waals surface area contributed by atoms with E-state index in [1.807, 2.05) is 66.7 Å². The summed E-state index contributed by atoms with van der Waals surface area (Å²) in [7, 11) is 0. The van der Waals surface area contributed by atoms with Crippen LogP contribution in [0.2, 0.25) is 0 Å². The van der Waals surface area contributed by atoms with Crippen LogP contribution in [-0.4, -0.2) is 19.5 Å². The molecule has 8 aromatic carbocycles. The molecule has 0 aliphatic carbocycles. The molecule has 2 heterocycles. The Bertz CT molecular complexity index is 3130. The van der Waals surface area contributed by atoms with Crippen molar-refractivity contribution in [3.63, 3.8) is 0 Å². The van der Waals surface area contributed by atoms with E-state index in [4.69, 9.17) is 15.0 Å². The maximum atomic E-state index is 15.6. The van der Waals surface area contributed by atoms with Crippen LogP contribution in [0.3, 0.4) is 0 Å². The van der Waals surface area contributed by atoms with E-state index >= 15 is 8.78 Å². The Hall–Kier alpha value is -7.57. The molecule has 0 saturated carbocycles. The zero-order valence-electron chi connectivity index (χ0n) is 34.2. The molecule has 0 amide bonds. The predicted molar refractivity (Wildman–Crippen MR) is 246 cm³/mol. The Morgan fingerprint density at radius 1 is 0.377 bits per heavy atom. The Labute approximate surface area is 353 Å². The summed E-state index contributed by atoms with van der Waals surface area (Å²) in [6.45, 7) is 8.54. The average molecular weight is 795 g/mol. The number of fused-ring (bicyclic) bond motifs is 3. The fourth-order valence-corrected chi connectivity index (χ4v) is 8.66. The molecule has 0 N–H and O–H groups in total. The van der Waals surface area contributed by atoms with E-state index < -0.39 is 11.6 Å². The number of aryl methyl sites for hydroxylation is 4. The summed E-state index contributed by atoms with van der Waals surface area (Å²) in [5, 5.41) is 2.14. The Balaban J connectivity index is 1.29. The number of halogens is 2. The number of rotatable bonds is 7. The minimum absolute atomic E-state index is 0.116. The highest BCUT2D eigenvalue weighted by Crippen LogP contribution is 2.42. The summed E-state index contributed by atoms with van der Waals surface area (Å²) < 4.78 is 33.4.